The number of carbonyl (C=O) groups is 1. The Morgan fingerprint density at radius 1 is 1.00 bits per heavy atom. The number of nitrogens with zero attached hydrogens (tertiary/aromatic N) is 1. The fourth-order valence-electron chi connectivity index (χ4n) is 3.47. The average molecular weight is 367 g/mol. The van der Waals surface area contributed by atoms with E-state index < -0.39 is 0 Å². The maximum atomic E-state index is 12.6. The van der Waals surface area contributed by atoms with Crippen molar-refractivity contribution < 1.29 is 9.53 Å². The minimum Gasteiger partial charge on any atom is -0.497 e. The first kappa shape index (κ1) is 19.3. The second-order valence-corrected chi connectivity index (χ2v) is 8.26. The first-order valence-corrected chi connectivity index (χ1v) is 9.67. The lowest BCUT2D eigenvalue weighted by molar-refractivity contribution is 0.0931. The Hall–Kier alpha value is -2.49. The van der Waals surface area contributed by atoms with Crippen molar-refractivity contribution in [2.24, 2.45) is 0 Å². The third-order valence-electron chi connectivity index (χ3n) is 5.28. The molecular formula is C23H30N2O2. The van der Waals surface area contributed by atoms with Gasteiger partial charge in [0.1, 0.15) is 5.75 Å². The van der Waals surface area contributed by atoms with E-state index in [1.54, 1.807) is 7.11 Å². The van der Waals surface area contributed by atoms with Crippen LogP contribution >= 0.6 is 0 Å². The van der Waals surface area contributed by atoms with Gasteiger partial charge in [-0.2, -0.15) is 0 Å². The molecule has 0 aromatic heterocycles. The number of hydrogen-bond donors (Lipinski definition) is 1. The average Bonchev–Trinajstić information content (AvgIpc) is 2.68. The van der Waals surface area contributed by atoms with Crippen LogP contribution in [0.4, 0.5) is 5.69 Å². The number of methoxy groups -OCH3 is 1. The molecule has 144 valence electrons. The molecule has 1 aliphatic heterocycles. The zero-order chi connectivity index (χ0) is 19.4. The summed E-state index contributed by atoms with van der Waals surface area (Å²) in [5, 5.41) is 3.20. The van der Waals surface area contributed by atoms with Gasteiger partial charge in [0.25, 0.3) is 5.91 Å². The zero-order valence-corrected chi connectivity index (χ0v) is 16.8. The van der Waals surface area contributed by atoms with Crippen molar-refractivity contribution in [3.8, 4) is 5.75 Å². The van der Waals surface area contributed by atoms with Gasteiger partial charge in [-0.05, 0) is 60.2 Å². The maximum Gasteiger partial charge on any atom is 0.251 e. The Bertz CT molecular complexity index is 752. The van der Waals surface area contributed by atoms with Crippen molar-refractivity contribution >= 4 is 11.6 Å². The Balaban J connectivity index is 1.53. The van der Waals surface area contributed by atoms with E-state index in [0.717, 1.165) is 37.2 Å². The molecule has 1 heterocycles. The van der Waals surface area contributed by atoms with E-state index in [4.69, 9.17) is 4.74 Å². The molecule has 0 saturated carbocycles. The molecule has 1 aliphatic rings. The van der Waals surface area contributed by atoms with Gasteiger partial charge < -0.3 is 15.0 Å². The van der Waals surface area contributed by atoms with Crippen LogP contribution in [-0.2, 0) is 5.41 Å². The number of hydrogen-bond acceptors (Lipinski definition) is 3. The highest BCUT2D eigenvalue weighted by molar-refractivity contribution is 5.94. The third kappa shape index (κ3) is 4.82. The summed E-state index contributed by atoms with van der Waals surface area (Å²) in [5.41, 5.74) is 3.29. The minimum atomic E-state index is 0.0263. The molecule has 1 N–H and O–H groups in total. The number of nitrogens with one attached hydrogen (secondary N) is 1. The number of piperidine rings is 1. The second kappa shape index (κ2) is 8.03. The summed E-state index contributed by atoms with van der Waals surface area (Å²) in [6.07, 6.45) is 1.91. The Labute approximate surface area is 162 Å². The molecule has 0 atom stereocenters. The molecule has 0 bridgehead atoms. The van der Waals surface area contributed by atoms with Crippen molar-refractivity contribution in [3.63, 3.8) is 0 Å². The summed E-state index contributed by atoms with van der Waals surface area (Å²) < 4.78 is 5.22. The SMILES string of the molecule is COc1ccc(N2CCC(NC(=O)c3ccc(C(C)(C)C)cc3)CC2)cc1. The van der Waals surface area contributed by atoms with Gasteiger partial charge in [-0.1, -0.05) is 32.9 Å². The molecule has 1 fully saturated rings. The second-order valence-electron chi connectivity index (χ2n) is 8.26. The molecule has 2 aromatic rings. The Kier molecular flexibility index (Phi) is 5.73. The van der Waals surface area contributed by atoms with Gasteiger partial charge in [0.2, 0.25) is 0 Å². The molecule has 0 radical (unpaired) electrons. The largest absolute Gasteiger partial charge is 0.497 e. The fourth-order valence-corrected chi connectivity index (χ4v) is 3.47. The van der Waals surface area contributed by atoms with Crippen LogP contribution in [0.3, 0.4) is 0 Å². The number of carbonyl (C=O) groups excluding carboxylic acids is 1. The van der Waals surface area contributed by atoms with Crippen LogP contribution in [0.2, 0.25) is 0 Å². The molecule has 27 heavy (non-hydrogen) atoms. The Morgan fingerprint density at radius 3 is 2.11 bits per heavy atom. The van der Waals surface area contributed by atoms with Crippen LogP contribution < -0.4 is 15.0 Å². The van der Waals surface area contributed by atoms with Crippen LogP contribution in [-0.4, -0.2) is 32.1 Å². The smallest absolute Gasteiger partial charge is 0.251 e. The van der Waals surface area contributed by atoms with Crippen molar-refractivity contribution in [1.82, 2.24) is 5.32 Å². The first-order chi connectivity index (χ1) is 12.9. The quantitative estimate of drug-likeness (QED) is 0.872. The van der Waals surface area contributed by atoms with Crippen molar-refractivity contribution in [1.29, 1.82) is 0 Å². The molecule has 0 unspecified atom stereocenters. The minimum absolute atomic E-state index is 0.0263. The van der Waals surface area contributed by atoms with E-state index >= 15 is 0 Å². The van der Waals surface area contributed by atoms with Crippen LogP contribution in [0.25, 0.3) is 0 Å². The summed E-state index contributed by atoms with van der Waals surface area (Å²) in [4.78, 5) is 14.9. The monoisotopic (exact) mass is 366 g/mol. The predicted octanol–water partition coefficient (Wildman–Crippen LogP) is 4.39. The summed E-state index contributed by atoms with van der Waals surface area (Å²) in [5.74, 6) is 0.900. The Morgan fingerprint density at radius 2 is 1.59 bits per heavy atom. The highest BCUT2D eigenvalue weighted by Gasteiger charge is 2.22. The van der Waals surface area contributed by atoms with Crippen LogP contribution in [0.5, 0.6) is 5.75 Å². The molecule has 4 heteroatoms. The topological polar surface area (TPSA) is 41.6 Å². The van der Waals surface area contributed by atoms with Crippen LogP contribution in [0.1, 0.15) is 49.5 Å². The molecule has 2 aromatic carbocycles. The molecule has 0 spiro atoms. The molecule has 1 saturated heterocycles. The van der Waals surface area contributed by atoms with Gasteiger partial charge in [-0.25, -0.2) is 0 Å². The molecule has 3 rings (SSSR count). The highest BCUT2D eigenvalue weighted by Crippen LogP contribution is 2.24. The lowest BCUT2D eigenvalue weighted by atomic mass is 9.86. The normalized spacial score (nSPS) is 15.5. The van der Waals surface area contributed by atoms with Gasteiger partial charge in [0.05, 0.1) is 7.11 Å². The number of amides is 1. The van der Waals surface area contributed by atoms with E-state index in [-0.39, 0.29) is 17.4 Å². The number of rotatable bonds is 4. The van der Waals surface area contributed by atoms with E-state index in [2.05, 4.69) is 55.3 Å². The maximum absolute atomic E-state index is 12.6. The van der Waals surface area contributed by atoms with E-state index in [0.29, 0.717) is 0 Å². The fraction of sp³-hybridized carbons (Fsp3) is 0.435. The standard InChI is InChI=1S/C23H30N2O2/c1-23(2,3)18-7-5-17(6-8-18)22(26)24-19-13-15-25(16-14-19)20-9-11-21(27-4)12-10-20/h5-12,19H,13-16H2,1-4H3,(H,24,26). The van der Waals surface area contributed by atoms with Gasteiger partial charge in [0, 0.05) is 30.4 Å². The summed E-state index contributed by atoms with van der Waals surface area (Å²) in [6.45, 7) is 8.43. The zero-order valence-electron chi connectivity index (χ0n) is 16.8. The lowest BCUT2D eigenvalue weighted by Crippen LogP contribution is -2.44. The molecular weight excluding hydrogens is 336 g/mol. The van der Waals surface area contributed by atoms with E-state index in [1.807, 2.05) is 24.3 Å². The number of benzene rings is 2. The van der Waals surface area contributed by atoms with Crippen LogP contribution in [0, 0.1) is 0 Å². The summed E-state index contributed by atoms with van der Waals surface area (Å²) in [6, 6.07) is 16.4. The van der Waals surface area contributed by atoms with E-state index in [9.17, 15) is 4.79 Å². The number of ether oxygens (including phenoxy) is 1. The third-order valence-corrected chi connectivity index (χ3v) is 5.28. The molecule has 0 aliphatic carbocycles. The number of anilines is 1. The van der Waals surface area contributed by atoms with Gasteiger partial charge in [-0.3, -0.25) is 4.79 Å². The van der Waals surface area contributed by atoms with E-state index in [1.165, 1.54) is 11.3 Å². The summed E-state index contributed by atoms with van der Waals surface area (Å²) >= 11 is 0. The first-order valence-electron chi connectivity index (χ1n) is 9.67. The van der Waals surface area contributed by atoms with Gasteiger partial charge in [-0.15, -0.1) is 0 Å². The van der Waals surface area contributed by atoms with Gasteiger partial charge >= 0.3 is 0 Å². The van der Waals surface area contributed by atoms with Crippen molar-refractivity contribution in [2.75, 3.05) is 25.1 Å². The predicted molar refractivity (Wildman–Crippen MR) is 111 cm³/mol. The molecule has 4 nitrogen and oxygen atoms in total. The highest BCUT2D eigenvalue weighted by atomic mass is 16.5. The molecule has 1 amide bonds. The lowest BCUT2D eigenvalue weighted by Gasteiger charge is -2.34. The van der Waals surface area contributed by atoms with Crippen LogP contribution in [0.15, 0.2) is 48.5 Å². The van der Waals surface area contributed by atoms with Crippen molar-refractivity contribution in [2.45, 2.75) is 45.1 Å². The van der Waals surface area contributed by atoms with Crippen molar-refractivity contribution in [3.05, 3.63) is 59.7 Å². The van der Waals surface area contributed by atoms with Gasteiger partial charge in [0.15, 0.2) is 0 Å². The summed E-state index contributed by atoms with van der Waals surface area (Å²) in [7, 11) is 1.68.